The van der Waals surface area contributed by atoms with Gasteiger partial charge in [0.15, 0.2) is 5.78 Å². The molecule has 0 heterocycles. The predicted molar refractivity (Wildman–Crippen MR) is 57.7 cm³/mol. The molecule has 1 aromatic rings. The first-order chi connectivity index (χ1) is 7.17. The number of allylic oxidation sites excluding steroid dienone is 1. The zero-order chi connectivity index (χ0) is 11.3. The van der Waals surface area contributed by atoms with Crippen molar-refractivity contribution in [1.29, 1.82) is 0 Å². The van der Waals surface area contributed by atoms with Gasteiger partial charge in [-0.15, -0.1) is 11.6 Å². The van der Waals surface area contributed by atoms with E-state index < -0.39 is 0 Å². The maximum absolute atomic E-state index is 12.9. The number of halogens is 2. The largest absolute Gasteiger partial charge is 0.496 e. The molecule has 2 nitrogen and oxygen atoms in total. The Bertz CT molecular complexity index is 388. The molecule has 0 atom stereocenters. The molecule has 0 aliphatic heterocycles. The second kappa shape index (κ2) is 5.51. The van der Waals surface area contributed by atoms with Crippen LogP contribution in [0, 0.1) is 5.82 Å². The van der Waals surface area contributed by atoms with Crippen LogP contribution >= 0.6 is 11.6 Å². The Balaban J connectivity index is 2.96. The summed E-state index contributed by atoms with van der Waals surface area (Å²) >= 11 is 5.32. The van der Waals surface area contributed by atoms with Crippen LogP contribution in [0.3, 0.4) is 0 Å². The molecule has 0 aliphatic rings. The molecule has 80 valence electrons. The molecule has 0 radical (unpaired) electrons. The van der Waals surface area contributed by atoms with E-state index in [2.05, 4.69) is 0 Å². The van der Waals surface area contributed by atoms with Gasteiger partial charge in [-0.1, -0.05) is 0 Å². The highest BCUT2D eigenvalue weighted by Crippen LogP contribution is 2.20. The second-order valence-electron chi connectivity index (χ2n) is 2.82. The quantitative estimate of drug-likeness (QED) is 0.585. The summed E-state index contributed by atoms with van der Waals surface area (Å²) in [4.78, 5) is 10.9. The molecular formula is C11H10ClFO2. The molecular weight excluding hydrogens is 219 g/mol. The minimum atomic E-state index is -0.381. The SMILES string of the molecule is COc1ccc(F)cc1C=CC(=O)CCl. The number of ether oxygens (including phenoxy) is 1. The van der Waals surface area contributed by atoms with E-state index in [0.717, 1.165) is 0 Å². The number of hydrogen-bond acceptors (Lipinski definition) is 2. The first kappa shape index (κ1) is 11.7. The molecule has 0 unspecified atom stereocenters. The fourth-order valence-corrected chi connectivity index (χ4v) is 1.15. The van der Waals surface area contributed by atoms with Crippen LogP contribution in [-0.4, -0.2) is 18.8 Å². The minimum absolute atomic E-state index is 0.0892. The summed E-state index contributed by atoms with van der Waals surface area (Å²) in [6.07, 6.45) is 2.77. The van der Waals surface area contributed by atoms with Crippen molar-refractivity contribution in [3.63, 3.8) is 0 Å². The van der Waals surface area contributed by atoms with Crippen LogP contribution in [0.2, 0.25) is 0 Å². The molecule has 1 aromatic carbocycles. The maximum Gasteiger partial charge on any atom is 0.170 e. The molecule has 1 rings (SSSR count). The molecule has 4 heteroatoms. The van der Waals surface area contributed by atoms with Crippen molar-refractivity contribution in [2.45, 2.75) is 0 Å². The average molecular weight is 229 g/mol. The molecule has 0 N–H and O–H groups in total. The Kier molecular flexibility index (Phi) is 4.31. The van der Waals surface area contributed by atoms with E-state index >= 15 is 0 Å². The summed E-state index contributed by atoms with van der Waals surface area (Å²) in [6, 6.07) is 4.08. The first-order valence-corrected chi connectivity index (χ1v) is 4.81. The molecule has 15 heavy (non-hydrogen) atoms. The normalized spacial score (nSPS) is 10.6. The van der Waals surface area contributed by atoms with E-state index in [-0.39, 0.29) is 17.5 Å². The number of hydrogen-bond donors (Lipinski definition) is 0. The Hall–Kier alpha value is -1.35. The van der Waals surface area contributed by atoms with Crippen LogP contribution in [0.15, 0.2) is 24.3 Å². The van der Waals surface area contributed by atoms with E-state index in [9.17, 15) is 9.18 Å². The molecule has 0 amide bonds. The smallest absolute Gasteiger partial charge is 0.170 e. The molecule has 0 saturated carbocycles. The third-order valence-corrected chi connectivity index (χ3v) is 2.04. The monoisotopic (exact) mass is 228 g/mol. The van der Waals surface area contributed by atoms with Gasteiger partial charge < -0.3 is 4.74 Å². The van der Waals surface area contributed by atoms with Gasteiger partial charge in [0, 0.05) is 5.56 Å². The summed E-state index contributed by atoms with van der Waals surface area (Å²) in [5.74, 6) is -0.194. The van der Waals surface area contributed by atoms with E-state index in [1.165, 1.54) is 37.5 Å². The lowest BCUT2D eigenvalue weighted by Gasteiger charge is -2.03. The predicted octanol–water partition coefficient (Wildman–Crippen LogP) is 2.66. The van der Waals surface area contributed by atoms with Gasteiger partial charge >= 0.3 is 0 Å². The standard InChI is InChI=1S/C11H10ClFO2/c1-15-11-5-3-9(13)6-8(11)2-4-10(14)7-12/h2-6H,7H2,1H3. The topological polar surface area (TPSA) is 26.3 Å². The Morgan fingerprint density at radius 1 is 1.60 bits per heavy atom. The fraction of sp³-hybridized carbons (Fsp3) is 0.182. The van der Waals surface area contributed by atoms with Gasteiger partial charge in [0.1, 0.15) is 11.6 Å². The number of carbonyl (C=O) groups is 1. The Labute approximate surface area is 92.3 Å². The van der Waals surface area contributed by atoms with Gasteiger partial charge in [0.2, 0.25) is 0 Å². The Morgan fingerprint density at radius 2 is 2.33 bits per heavy atom. The van der Waals surface area contributed by atoms with Gasteiger partial charge in [-0.25, -0.2) is 4.39 Å². The van der Waals surface area contributed by atoms with Crippen LogP contribution in [0.1, 0.15) is 5.56 Å². The van der Waals surface area contributed by atoms with Crippen molar-refractivity contribution < 1.29 is 13.9 Å². The van der Waals surface area contributed by atoms with Gasteiger partial charge in [-0.2, -0.15) is 0 Å². The third kappa shape index (κ3) is 3.36. The highest BCUT2D eigenvalue weighted by molar-refractivity contribution is 6.29. The van der Waals surface area contributed by atoms with Gasteiger partial charge in [0.05, 0.1) is 13.0 Å². The zero-order valence-electron chi connectivity index (χ0n) is 8.17. The number of rotatable bonds is 4. The third-order valence-electron chi connectivity index (χ3n) is 1.77. The summed E-state index contributed by atoms with van der Waals surface area (Å²) < 4.78 is 17.9. The number of ketones is 1. The van der Waals surface area contributed by atoms with Gasteiger partial charge in [-0.3, -0.25) is 4.79 Å². The van der Waals surface area contributed by atoms with Crippen LogP contribution in [0.4, 0.5) is 4.39 Å². The van der Waals surface area contributed by atoms with Crippen LogP contribution in [0.5, 0.6) is 5.75 Å². The lowest BCUT2D eigenvalue weighted by molar-refractivity contribution is -0.112. The lowest BCUT2D eigenvalue weighted by Crippen LogP contribution is -1.93. The van der Waals surface area contributed by atoms with Gasteiger partial charge in [0.25, 0.3) is 0 Å². The van der Waals surface area contributed by atoms with E-state index in [0.29, 0.717) is 11.3 Å². The molecule has 0 aliphatic carbocycles. The highest BCUT2D eigenvalue weighted by atomic mass is 35.5. The van der Waals surface area contributed by atoms with Gasteiger partial charge in [-0.05, 0) is 30.4 Å². The molecule has 0 spiro atoms. The van der Waals surface area contributed by atoms with E-state index in [1.807, 2.05) is 0 Å². The minimum Gasteiger partial charge on any atom is -0.496 e. The van der Waals surface area contributed by atoms with Crippen LogP contribution < -0.4 is 4.74 Å². The highest BCUT2D eigenvalue weighted by Gasteiger charge is 2.01. The van der Waals surface area contributed by atoms with Crippen molar-refractivity contribution in [3.8, 4) is 5.75 Å². The van der Waals surface area contributed by atoms with Crippen LogP contribution in [0.25, 0.3) is 6.08 Å². The fourth-order valence-electron chi connectivity index (χ4n) is 1.06. The summed E-state index contributed by atoms with van der Waals surface area (Å²) in [5.41, 5.74) is 0.510. The van der Waals surface area contributed by atoms with E-state index in [4.69, 9.17) is 16.3 Å². The van der Waals surface area contributed by atoms with Crippen molar-refractivity contribution >= 4 is 23.5 Å². The summed E-state index contributed by atoms with van der Waals surface area (Å²) in [5, 5.41) is 0. The second-order valence-corrected chi connectivity index (χ2v) is 3.09. The van der Waals surface area contributed by atoms with Crippen molar-refractivity contribution in [2.75, 3.05) is 13.0 Å². The number of benzene rings is 1. The Morgan fingerprint density at radius 3 is 2.93 bits per heavy atom. The maximum atomic E-state index is 12.9. The first-order valence-electron chi connectivity index (χ1n) is 4.28. The summed E-state index contributed by atoms with van der Waals surface area (Å²) in [6.45, 7) is 0. The molecule has 0 saturated heterocycles. The van der Waals surface area contributed by atoms with Crippen molar-refractivity contribution in [3.05, 3.63) is 35.7 Å². The number of carbonyl (C=O) groups excluding carboxylic acids is 1. The summed E-state index contributed by atoms with van der Waals surface area (Å²) in [7, 11) is 1.48. The van der Waals surface area contributed by atoms with Crippen LogP contribution in [-0.2, 0) is 4.79 Å². The van der Waals surface area contributed by atoms with Crippen molar-refractivity contribution in [2.24, 2.45) is 0 Å². The number of methoxy groups -OCH3 is 1. The average Bonchev–Trinajstić information content (AvgIpc) is 2.26. The van der Waals surface area contributed by atoms with E-state index in [1.54, 1.807) is 0 Å². The molecule has 0 fully saturated rings. The van der Waals surface area contributed by atoms with Crippen molar-refractivity contribution in [1.82, 2.24) is 0 Å². The number of alkyl halides is 1. The lowest BCUT2D eigenvalue weighted by atomic mass is 10.1. The molecule has 0 aromatic heterocycles. The zero-order valence-corrected chi connectivity index (χ0v) is 8.92. The molecule has 0 bridgehead atoms.